The Kier molecular flexibility index (Phi) is 4.70. The number of nitrogens with zero attached hydrogens (tertiary/aromatic N) is 1. The van der Waals surface area contributed by atoms with Crippen LogP contribution in [0.4, 0.5) is 5.69 Å². The molecule has 1 atom stereocenters. The van der Waals surface area contributed by atoms with Gasteiger partial charge in [-0.2, -0.15) is 0 Å². The first-order valence-corrected chi connectivity index (χ1v) is 7.95. The predicted molar refractivity (Wildman–Crippen MR) is 96.9 cm³/mol. The molecule has 0 saturated carbocycles. The molecule has 3 rings (SSSR count). The number of nitrogen functional groups attached to an aromatic ring is 1. The van der Waals surface area contributed by atoms with Gasteiger partial charge in [0.15, 0.2) is 11.5 Å². The molecule has 2 aromatic rings. The number of nitrogens with two attached hydrogens (primary N) is 1. The number of benzene rings is 2. The minimum Gasteiger partial charge on any atom is -0.493 e. The first kappa shape index (κ1) is 17.0. The third-order valence-corrected chi connectivity index (χ3v) is 4.23. The Morgan fingerprint density at radius 1 is 1.04 bits per heavy atom. The summed E-state index contributed by atoms with van der Waals surface area (Å²) in [5.74, 6) is 2.36. The van der Waals surface area contributed by atoms with Crippen LogP contribution in [0, 0.1) is 6.92 Å². The summed E-state index contributed by atoms with van der Waals surface area (Å²) in [7, 11) is 4.77. The molecular weight excluding hydrogens is 320 g/mol. The standard InChI is InChI=1S/C19H22N2O4/c1-11-7-12(5-6-14(11)20)19-21-10-17(25-19)13-8-15(22-2)18(24-4)16(9-13)23-3/h5-9,17H,10,20H2,1-4H3. The van der Waals surface area contributed by atoms with Crippen molar-refractivity contribution in [1.82, 2.24) is 0 Å². The molecule has 0 spiro atoms. The van der Waals surface area contributed by atoms with E-state index in [2.05, 4.69) is 4.99 Å². The van der Waals surface area contributed by atoms with Crippen LogP contribution in [0.2, 0.25) is 0 Å². The van der Waals surface area contributed by atoms with Crippen LogP contribution in [0.25, 0.3) is 0 Å². The van der Waals surface area contributed by atoms with E-state index < -0.39 is 0 Å². The maximum atomic E-state index is 6.06. The first-order chi connectivity index (χ1) is 12.1. The number of ether oxygens (including phenoxy) is 4. The summed E-state index contributed by atoms with van der Waals surface area (Å²) in [6, 6.07) is 9.53. The van der Waals surface area contributed by atoms with Crippen LogP contribution >= 0.6 is 0 Å². The summed E-state index contributed by atoms with van der Waals surface area (Å²) in [6.45, 7) is 2.49. The van der Waals surface area contributed by atoms with Crippen molar-refractivity contribution in [1.29, 1.82) is 0 Å². The Morgan fingerprint density at radius 2 is 1.72 bits per heavy atom. The molecule has 0 saturated heterocycles. The molecular formula is C19H22N2O4. The van der Waals surface area contributed by atoms with Crippen LogP contribution in [0.5, 0.6) is 17.2 Å². The van der Waals surface area contributed by atoms with Crippen LogP contribution < -0.4 is 19.9 Å². The van der Waals surface area contributed by atoms with Crippen LogP contribution in [0.15, 0.2) is 35.3 Å². The van der Waals surface area contributed by atoms with Crippen LogP contribution in [0.1, 0.15) is 22.8 Å². The molecule has 6 heteroatoms. The van der Waals surface area contributed by atoms with Crippen molar-refractivity contribution in [2.45, 2.75) is 13.0 Å². The lowest BCUT2D eigenvalue weighted by Gasteiger charge is -2.17. The van der Waals surface area contributed by atoms with E-state index in [1.165, 1.54) is 0 Å². The van der Waals surface area contributed by atoms with E-state index >= 15 is 0 Å². The summed E-state index contributed by atoms with van der Waals surface area (Å²) in [4.78, 5) is 4.53. The highest BCUT2D eigenvalue weighted by atomic mass is 16.5. The van der Waals surface area contributed by atoms with Crippen molar-refractivity contribution >= 4 is 11.6 Å². The Labute approximate surface area is 147 Å². The molecule has 6 nitrogen and oxygen atoms in total. The fourth-order valence-electron chi connectivity index (χ4n) is 2.80. The second-order valence-corrected chi connectivity index (χ2v) is 5.78. The number of hydrogen-bond acceptors (Lipinski definition) is 6. The Hall–Kier alpha value is -2.89. The first-order valence-electron chi connectivity index (χ1n) is 7.95. The lowest BCUT2D eigenvalue weighted by atomic mass is 10.1. The Morgan fingerprint density at radius 3 is 2.28 bits per heavy atom. The molecule has 0 fully saturated rings. The minimum atomic E-state index is -0.207. The molecule has 1 unspecified atom stereocenters. The van der Waals surface area contributed by atoms with Gasteiger partial charge in [0.1, 0.15) is 6.10 Å². The maximum Gasteiger partial charge on any atom is 0.216 e. The number of rotatable bonds is 5. The fraction of sp³-hybridized carbons (Fsp3) is 0.316. The third kappa shape index (κ3) is 3.20. The zero-order valence-corrected chi connectivity index (χ0v) is 14.8. The predicted octanol–water partition coefficient (Wildman–Crippen LogP) is 3.12. The zero-order chi connectivity index (χ0) is 18.0. The quantitative estimate of drug-likeness (QED) is 0.845. The number of hydrogen-bond donors (Lipinski definition) is 1. The monoisotopic (exact) mass is 342 g/mol. The zero-order valence-electron chi connectivity index (χ0n) is 14.8. The van der Waals surface area contributed by atoms with Gasteiger partial charge in [0.2, 0.25) is 11.6 Å². The van der Waals surface area contributed by atoms with Gasteiger partial charge in [-0.3, -0.25) is 0 Å². The Bertz CT molecular complexity index is 792. The SMILES string of the molecule is COc1cc(C2CN=C(c3ccc(N)c(C)c3)O2)cc(OC)c1OC. The molecule has 2 aromatic carbocycles. The van der Waals surface area contributed by atoms with E-state index in [9.17, 15) is 0 Å². The van der Waals surface area contributed by atoms with E-state index in [0.29, 0.717) is 29.7 Å². The number of aryl methyl sites for hydroxylation is 1. The summed E-state index contributed by atoms with van der Waals surface area (Å²) in [6.07, 6.45) is -0.207. The normalized spacial score (nSPS) is 16.2. The average Bonchev–Trinajstić information content (AvgIpc) is 3.12. The third-order valence-electron chi connectivity index (χ3n) is 4.23. The molecule has 1 heterocycles. The summed E-state index contributed by atoms with van der Waals surface area (Å²) < 4.78 is 22.2. The van der Waals surface area contributed by atoms with Gasteiger partial charge in [-0.05, 0) is 42.8 Å². The molecule has 0 aromatic heterocycles. The molecule has 0 radical (unpaired) electrons. The van der Waals surface area contributed by atoms with Crippen LogP contribution in [0.3, 0.4) is 0 Å². The van der Waals surface area contributed by atoms with Gasteiger partial charge in [-0.25, -0.2) is 4.99 Å². The van der Waals surface area contributed by atoms with Gasteiger partial charge in [-0.15, -0.1) is 0 Å². The Balaban J connectivity index is 1.86. The van der Waals surface area contributed by atoms with Crippen LogP contribution in [-0.2, 0) is 4.74 Å². The van der Waals surface area contributed by atoms with Gasteiger partial charge in [0, 0.05) is 16.8 Å². The number of methoxy groups -OCH3 is 3. The van der Waals surface area contributed by atoms with E-state index in [-0.39, 0.29) is 6.10 Å². The van der Waals surface area contributed by atoms with E-state index in [1.54, 1.807) is 21.3 Å². The van der Waals surface area contributed by atoms with E-state index in [0.717, 1.165) is 22.4 Å². The van der Waals surface area contributed by atoms with Crippen molar-refractivity contribution in [3.8, 4) is 17.2 Å². The maximum absolute atomic E-state index is 6.06. The lowest BCUT2D eigenvalue weighted by Crippen LogP contribution is -2.08. The highest BCUT2D eigenvalue weighted by molar-refractivity contribution is 5.95. The van der Waals surface area contributed by atoms with Gasteiger partial charge in [-0.1, -0.05) is 0 Å². The van der Waals surface area contributed by atoms with Gasteiger partial charge < -0.3 is 24.7 Å². The van der Waals surface area contributed by atoms with Crippen molar-refractivity contribution in [3.05, 3.63) is 47.0 Å². The highest BCUT2D eigenvalue weighted by Gasteiger charge is 2.26. The molecule has 1 aliphatic rings. The second-order valence-electron chi connectivity index (χ2n) is 5.78. The summed E-state index contributed by atoms with van der Waals surface area (Å²) in [5.41, 5.74) is 9.47. The lowest BCUT2D eigenvalue weighted by molar-refractivity contribution is 0.228. The van der Waals surface area contributed by atoms with Gasteiger partial charge in [0.05, 0.1) is 27.9 Å². The summed E-state index contributed by atoms with van der Waals surface area (Å²) >= 11 is 0. The molecule has 132 valence electrons. The molecule has 0 amide bonds. The highest BCUT2D eigenvalue weighted by Crippen LogP contribution is 2.41. The van der Waals surface area contributed by atoms with Crippen molar-refractivity contribution in [2.75, 3.05) is 33.6 Å². The number of aliphatic imine (C=N–C) groups is 1. The van der Waals surface area contributed by atoms with Gasteiger partial charge >= 0.3 is 0 Å². The molecule has 2 N–H and O–H groups in total. The van der Waals surface area contributed by atoms with Gasteiger partial charge in [0.25, 0.3) is 0 Å². The molecule has 0 bridgehead atoms. The molecule has 0 aliphatic carbocycles. The fourth-order valence-corrected chi connectivity index (χ4v) is 2.80. The molecule has 1 aliphatic heterocycles. The largest absolute Gasteiger partial charge is 0.493 e. The van der Waals surface area contributed by atoms with Crippen molar-refractivity contribution in [2.24, 2.45) is 4.99 Å². The summed E-state index contributed by atoms with van der Waals surface area (Å²) in [5, 5.41) is 0. The number of anilines is 1. The smallest absolute Gasteiger partial charge is 0.216 e. The average molecular weight is 342 g/mol. The van der Waals surface area contributed by atoms with Crippen molar-refractivity contribution in [3.63, 3.8) is 0 Å². The minimum absolute atomic E-state index is 0.207. The van der Waals surface area contributed by atoms with Crippen molar-refractivity contribution < 1.29 is 18.9 Å². The van der Waals surface area contributed by atoms with Crippen LogP contribution in [-0.4, -0.2) is 33.8 Å². The topological polar surface area (TPSA) is 75.3 Å². The molecule has 25 heavy (non-hydrogen) atoms. The second kappa shape index (κ2) is 6.93. The van der Waals surface area contributed by atoms with E-state index in [4.69, 9.17) is 24.7 Å². The van der Waals surface area contributed by atoms with E-state index in [1.807, 2.05) is 37.3 Å².